The number of hydrogen-bond acceptors (Lipinski definition) is 6. The van der Waals surface area contributed by atoms with E-state index in [4.69, 9.17) is 15.3 Å². The van der Waals surface area contributed by atoms with Gasteiger partial charge in [-0.2, -0.15) is 0 Å². The molecule has 1 rings (SSSR count). The summed E-state index contributed by atoms with van der Waals surface area (Å²) in [5.41, 5.74) is 0. The third kappa shape index (κ3) is 8.76. The van der Waals surface area contributed by atoms with Gasteiger partial charge in [-0.1, -0.05) is 0 Å². The lowest BCUT2D eigenvalue weighted by Gasteiger charge is -2.06. The fourth-order valence-electron chi connectivity index (χ4n) is 2.05. The molecule has 132 valence electrons. The first-order valence-electron chi connectivity index (χ1n) is 7.75. The SMILES string of the molecule is O=C(O)CCCc1nc(CCCC(=O)O)nc(CCCC(=O)O)n1. The molecule has 1 aromatic rings. The van der Waals surface area contributed by atoms with E-state index >= 15 is 0 Å². The van der Waals surface area contributed by atoms with E-state index in [-0.39, 0.29) is 19.3 Å². The van der Waals surface area contributed by atoms with Gasteiger partial charge in [-0.05, 0) is 19.3 Å². The maximum absolute atomic E-state index is 10.6. The van der Waals surface area contributed by atoms with E-state index in [1.807, 2.05) is 0 Å². The van der Waals surface area contributed by atoms with Crippen molar-refractivity contribution in [1.29, 1.82) is 0 Å². The van der Waals surface area contributed by atoms with Crippen LogP contribution in [0.3, 0.4) is 0 Å². The second-order valence-corrected chi connectivity index (χ2v) is 5.33. The topological polar surface area (TPSA) is 151 Å². The number of aliphatic carboxylic acids is 3. The Morgan fingerprint density at radius 1 is 0.583 bits per heavy atom. The molecule has 0 unspecified atom stereocenters. The number of aryl methyl sites for hydroxylation is 3. The lowest BCUT2D eigenvalue weighted by Crippen LogP contribution is -2.10. The molecule has 9 nitrogen and oxygen atoms in total. The van der Waals surface area contributed by atoms with Gasteiger partial charge in [0.05, 0.1) is 0 Å². The van der Waals surface area contributed by atoms with Gasteiger partial charge >= 0.3 is 17.9 Å². The molecule has 0 aliphatic rings. The highest BCUT2D eigenvalue weighted by atomic mass is 16.4. The molecule has 0 radical (unpaired) electrons. The summed E-state index contributed by atoms with van der Waals surface area (Å²) in [5.74, 6) is -1.31. The number of aromatic nitrogens is 3. The predicted molar refractivity (Wildman–Crippen MR) is 81.5 cm³/mol. The van der Waals surface area contributed by atoms with Crippen LogP contribution in [-0.4, -0.2) is 48.2 Å². The van der Waals surface area contributed by atoms with E-state index < -0.39 is 17.9 Å². The molecule has 24 heavy (non-hydrogen) atoms. The van der Waals surface area contributed by atoms with Crippen molar-refractivity contribution in [2.75, 3.05) is 0 Å². The molecule has 1 heterocycles. The summed E-state index contributed by atoms with van der Waals surface area (Å²) >= 11 is 0. The third-order valence-corrected chi connectivity index (χ3v) is 3.15. The molecule has 0 aliphatic carbocycles. The molecular weight excluding hydrogens is 318 g/mol. The molecule has 0 aliphatic heterocycles. The summed E-state index contributed by atoms with van der Waals surface area (Å²) in [6.45, 7) is 0. The average Bonchev–Trinajstić information content (AvgIpc) is 2.46. The van der Waals surface area contributed by atoms with Crippen LogP contribution < -0.4 is 0 Å². The van der Waals surface area contributed by atoms with Crippen molar-refractivity contribution < 1.29 is 29.7 Å². The highest BCUT2D eigenvalue weighted by molar-refractivity contribution is 5.67. The molecule has 9 heteroatoms. The Balaban J connectivity index is 2.73. The minimum absolute atomic E-state index is 0.00831. The largest absolute Gasteiger partial charge is 0.481 e. The van der Waals surface area contributed by atoms with Crippen molar-refractivity contribution in [2.45, 2.75) is 57.8 Å². The quantitative estimate of drug-likeness (QED) is 0.508. The molecule has 0 saturated heterocycles. The Morgan fingerprint density at radius 3 is 1.04 bits per heavy atom. The van der Waals surface area contributed by atoms with E-state index in [1.165, 1.54) is 0 Å². The Hall–Kier alpha value is -2.58. The standard InChI is InChI=1S/C15H21N3O6/c19-13(20)7-1-4-10-16-11(5-2-8-14(21)22)18-12(17-10)6-3-9-15(23)24/h1-9H2,(H,19,20)(H,21,22)(H,23,24). The second kappa shape index (κ2) is 10.2. The molecule has 0 bridgehead atoms. The van der Waals surface area contributed by atoms with Crippen LogP contribution in [0.1, 0.15) is 56.0 Å². The summed E-state index contributed by atoms with van der Waals surface area (Å²) in [6, 6.07) is 0. The lowest BCUT2D eigenvalue weighted by atomic mass is 10.2. The number of carboxylic acids is 3. The fraction of sp³-hybridized carbons (Fsp3) is 0.600. The molecule has 0 amide bonds. The van der Waals surface area contributed by atoms with Gasteiger partial charge in [0.1, 0.15) is 17.5 Å². The Morgan fingerprint density at radius 2 is 0.833 bits per heavy atom. The smallest absolute Gasteiger partial charge is 0.303 e. The number of nitrogens with zero attached hydrogens (tertiary/aromatic N) is 3. The van der Waals surface area contributed by atoms with Crippen LogP contribution in [0.25, 0.3) is 0 Å². The van der Waals surface area contributed by atoms with Crippen molar-refractivity contribution in [2.24, 2.45) is 0 Å². The zero-order valence-electron chi connectivity index (χ0n) is 13.3. The van der Waals surface area contributed by atoms with Crippen molar-refractivity contribution in [3.63, 3.8) is 0 Å². The summed E-state index contributed by atoms with van der Waals surface area (Å²) in [7, 11) is 0. The monoisotopic (exact) mass is 339 g/mol. The van der Waals surface area contributed by atoms with Crippen molar-refractivity contribution in [3.8, 4) is 0 Å². The van der Waals surface area contributed by atoms with Gasteiger partial charge in [-0.3, -0.25) is 14.4 Å². The van der Waals surface area contributed by atoms with Crippen molar-refractivity contribution in [1.82, 2.24) is 15.0 Å². The summed E-state index contributed by atoms with van der Waals surface area (Å²) in [5, 5.41) is 26.0. The molecule has 0 saturated carbocycles. The van der Waals surface area contributed by atoms with E-state index in [9.17, 15) is 14.4 Å². The first-order valence-corrected chi connectivity index (χ1v) is 7.75. The minimum Gasteiger partial charge on any atom is -0.481 e. The van der Waals surface area contributed by atoms with Gasteiger partial charge in [0.2, 0.25) is 0 Å². The van der Waals surface area contributed by atoms with E-state index in [0.29, 0.717) is 56.0 Å². The van der Waals surface area contributed by atoms with E-state index in [0.717, 1.165) is 0 Å². The van der Waals surface area contributed by atoms with Gasteiger partial charge in [0, 0.05) is 38.5 Å². The maximum Gasteiger partial charge on any atom is 0.303 e. The lowest BCUT2D eigenvalue weighted by molar-refractivity contribution is -0.138. The predicted octanol–water partition coefficient (Wildman–Crippen LogP) is 1.09. The zero-order valence-corrected chi connectivity index (χ0v) is 13.3. The first-order chi connectivity index (χ1) is 11.4. The van der Waals surface area contributed by atoms with Gasteiger partial charge in [0.15, 0.2) is 0 Å². The minimum atomic E-state index is -0.896. The Bertz CT molecular complexity index is 497. The van der Waals surface area contributed by atoms with Crippen molar-refractivity contribution >= 4 is 17.9 Å². The van der Waals surface area contributed by atoms with Crippen LogP contribution in [-0.2, 0) is 33.6 Å². The highest BCUT2D eigenvalue weighted by Crippen LogP contribution is 2.07. The summed E-state index contributed by atoms with van der Waals surface area (Å²) in [6.07, 6.45) is 2.34. The molecule has 0 spiro atoms. The van der Waals surface area contributed by atoms with Crippen LogP contribution in [0.5, 0.6) is 0 Å². The van der Waals surface area contributed by atoms with Gasteiger partial charge in [-0.25, -0.2) is 15.0 Å². The zero-order chi connectivity index (χ0) is 17.9. The molecular formula is C15H21N3O6. The Labute approximate surface area is 138 Å². The van der Waals surface area contributed by atoms with Gasteiger partial charge < -0.3 is 15.3 Å². The van der Waals surface area contributed by atoms with Gasteiger partial charge in [0.25, 0.3) is 0 Å². The molecule has 0 atom stereocenters. The number of carboxylic acid groups (broad SMARTS) is 3. The number of hydrogen-bond donors (Lipinski definition) is 3. The number of rotatable bonds is 12. The van der Waals surface area contributed by atoms with E-state index in [1.54, 1.807) is 0 Å². The fourth-order valence-corrected chi connectivity index (χ4v) is 2.05. The maximum atomic E-state index is 10.6. The third-order valence-electron chi connectivity index (χ3n) is 3.15. The highest BCUT2D eigenvalue weighted by Gasteiger charge is 2.09. The van der Waals surface area contributed by atoms with Crippen LogP contribution in [0, 0.1) is 0 Å². The average molecular weight is 339 g/mol. The van der Waals surface area contributed by atoms with Crippen LogP contribution in [0.2, 0.25) is 0 Å². The molecule has 1 aromatic heterocycles. The Kier molecular flexibility index (Phi) is 8.31. The van der Waals surface area contributed by atoms with Crippen molar-refractivity contribution in [3.05, 3.63) is 17.5 Å². The molecule has 0 aromatic carbocycles. The van der Waals surface area contributed by atoms with Crippen LogP contribution >= 0.6 is 0 Å². The normalized spacial score (nSPS) is 10.5. The van der Waals surface area contributed by atoms with Gasteiger partial charge in [-0.15, -0.1) is 0 Å². The first kappa shape index (κ1) is 19.5. The summed E-state index contributed by atoms with van der Waals surface area (Å²) in [4.78, 5) is 44.4. The molecule has 3 N–H and O–H groups in total. The van der Waals surface area contributed by atoms with E-state index in [2.05, 4.69) is 15.0 Å². The van der Waals surface area contributed by atoms with Crippen LogP contribution in [0.15, 0.2) is 0 Å². The second-order valence-electron chi connectivity index (χ2n) is 5.33. The number of carbonyl (C=O) groups is 3. The van der Waals surface area contributed by atoms with Crippen LogP contribution in [0.4, 0.5) is 0 Å². The molecule has 0 fully saturated rings. The summed E-state index contributed by atoms with van der Waals surface area (Å²) < 4.78 is 0.